The standard InChI is InChI=1S/C12H16N4O5/c1-3-4-12(13)9(19)8(6(2)17)21-10(12)16-11(20)15-7(18)5-14-16/h5-6,8-10,17,19H,13H2,1-2H3,(H,15,18,20)/t6-,8-,9+,10-,12?/m1/s1. The molecule has 0 aliphatic carbocycles. The van der Waals surface area contributed by atoms with E-state index in [1.807, 2.05) is 4.98 Å². The van der Waals surface area contributed by atoms with Crippen molar-refractivity contribution in [2.45, 2.75) is 43.9 Å². The normalized spacial score (nSPS) is 33.3. The summed E-state index contributed by atoms with van der Waals surface area (Å²) in [7, 11) is 0. The fraction of sp³-hybridized carbons (Fsp3) is 0.583. The molecule has 1 aliphatic heterocycles. The van der Waals surface area contributed by atoms with E-state index in [2.05, 4.69) is 16.9 Å². The van der Waals surface area contributed by atoms with Crippen LogP contribution in [0.3, 0.4) is 0 Å². The van der Waals surface area contributed by atoms with Crippen LogP contribution in [0.1, 0.15) is 20.1 Å². The van der Waals surface area contributed by atoms with Crippen LogP contribution in [-0.4, -0.2) is 48.8 Å². The number of aliphatic hydroxyl groups is 2. The molecule has 0 aromatic carbocycles. The van der Waals surface area contributed by atoms with Crippen molar-refractivity contribution < 1.29 is 14.9 Å². The van der Waals surface area contributed by atoms with Crippen molar-refractivity contribution in [3.05, 3.63) is 27.0 Å². The van der Waals surface area contributed by atoms with E-state index >= 15 is 0 Å². The average molecular weight is 296 g/mol. The van der Waals surface area contributed by atoms with Crippen LogP contribution in [0.5, 0.6) is 0 Å². The van der Waals surface area contributed by atoms with Crippen molar-refractivity contribution in [1.29, 1.82) is 0 Å². The van der Waals surface area contributed by atoms with E-state index in [0.717, 1.165) is 10.9 Å². The molecule has 21 heavy (non-hydrogen) atoms. The highest BCUT2D eigenvalue weighted by Crippen LogP contribution is 2.36. The lowest BCUT2D eigenvalue weighted by Crippen LogP contribution is -2.56. The van der Waals surface area contributed by atoms with Crippen molar-refractivity contribution in [2.24, 2.45) is 5.73 Å². The third-order valence-electron chi connectivity index (χ3n) is 3.27. The molecule has 2 heterocycles. The molecule has 0 bridgehead atoms. The summed E-state index contributed by atoms with van der Waals surface area (Å²) in [6.45, 7) is 2.93. The summed E-state index contributed by atoms with van der Waals surface area (Å²) in [6, 6.07) is 0. The van der Waals surface area contributed by atoms with Crippen LogP contribution in [0.2, 0.25) is 0 Å². The lowest BCUT2D eigenvalue weighted by Gasteiger charge is -2.27. The van der Waals surface area contributed by atoms with E-state index in [9.17, 15) is 19.8 Å². The van der Waals surface area contributed by atoms with Gasteiger partial charge in [0.05, 0.1) is 6.10 Å². The van der Waals surface area contributed by atoms with Gasteiger partial charge in [-0.25, -0.2) is 4.79 Å². The monoisotopic (exact) mass is 296 g/mol. The fourth-order valence-electron chi connectivity index (χ4n) is 2.27. The number of aromatic nitrogens is 3. The Balaban J connectivity index is 2.56. The Morgan fingerprint density at radius 1 is 1.62 bits per heavy atom. The molecule has 9 heteroatoms. The second kappa shape index (κ2) is 5.42. The number of H-pyrrole nitrogens is 1. The fourth-order valence-corrected chi connectivity index (χ4v) is 2.27. The summed E-state index contributed by atoms with van der Waals surface area (Å²) < 4.78 is 6.25. The van der Waals surface area contributed by atoms with Crippen LogP contribution in [-0.2, 0) is 4.74 Å². The third-order valence-corrected chi connectivity index (χ3v) is 3.27. The van der Waals surface area contributed by atoms with E-state index in [4.69, 9.17) is 10.5 Å². The molecule has 1 fully saturated rings. The van der Waals surface area contributed by atoms with Gasteiger partial charge < -0.3 is 20.7 Å². The summed E-state index contributed by atoms with van der Waals surface area (Å²) in [5, 5.41) is 23.6. The average Bonchev–Trinajstić information content (AvgIpc) is 2.64. The van der Waals surface area contributed by atoms with E-state index in [-0.39, 0.29) is 0 Å². The molecular weight excluding hydrogens is 280 g/mol. The molecule has 1 aromatic heterocycles. The quantitative estimate of drug-likeness (QED) is 0.434. The molecule has 2 rings (SSSR count). The van der Waals surface area contributed by atoms with Gasteiger partial charge in [-0.15, -0.1) is 5.92 Å². The molecular formula is C12H16N4O5. The number of nitrogens with one attached hydrogen (secondary N) is 1. The molecule has 1 saturated heterocycles. The SMILES string of the molecule is CC#CC1(N)[C@@H](O)[C@@H]([C@@H](C)O)O[C@H]1n1ncc(=O)[nH]c1=O. The van der Waals surface area contributed by atoms with Crippen LogP contribution < -0.4 is 17.0 Å². The molecule has 1 aliphatic rings. The molecule has 1 aromatic rings. The van der Waals surface area contributed by atoms with Crippen molar-refractivity contribution in [3.8, 4) is 11.8 Å². The summed E-state index contributed by atoms with van der Waals surface area (Å²) in [5.74, 6) is 5.15. The zero-order chi connectivity index (χ0) is 15.8. The third kappa shape index (κ3) is 2.50. The first-order valence-electron chi connectivity index (χ1n) is 6.23. The predicted octanol–water partition coefficient (Wildman–Crippen LogP) is -2.71. The van der Waals surface area contributed by atoms with Crippen molar-refractivity contribution >= 4 is 0 Å². The lowest BCUT2D eigenvalue weighted by atomic mass is 9.90. The zero-order valence-electron chi connectivity index (χ0n) is 11.5. The Labute approximate surface area is 119 Å². The maximum absolute atomic E-state index is 11.8. The van der Waals surface area contributed by atoms with Gasteiger partial charge >= 0.3 is 5.69 Å². The summed E-state index contributed by atoms with van der Waals surface area (Å²) in [4.78, 5) is 24.9. The predicted molar refractivity (Wildman–Crippen MR) is 71.1 cm³/mol. The Kier molecular flexibility index (Phi) is 3.97. The van der Waals surface area contributed by atoms with Crippen molar-refractivity contribution in [3.63, 3.8) is 0 Å². The van der Waals surface area contributed by atoms with Gasteiger partial charge in [0, 0.05) is 0 Å². The maximum atomic E-state index is 11.8. The number of nitrogens with zero attached hydrogens (tertiary/aromatic N) is 2. The van der Waals surface area contributed by atoms with E-state index in [1.165, 1.54) is 13.8 Å². The number of hydrogen-bond donors (Lipinski definition) is 4. The molecule has 0 spiro atoms. The first-order valence-corrected chi connectivity index (χ1v) is 6.23. The molecule has 5 N–H and O–H groups in total. The highest BCUT2D eigenvalue weighted by molar-refractivity contribution is 5.25. The number of rotatable bonds is 2. The van der Waals surface area contributed by atoms with Crippen molar-refractivity contribution in [1.82, 2.24) is 14.8 Å². The van der Waals surface area contributed by atoms with Crippen LogP contribution in [0.15, 0.2) is 15.8 Å². The Morgan fingerprint density at radius 3 is 2.81 bits per heavy atom. The largest absolute Gasteiger partial charge is 0.391 e. The molecule has 0 amide bonds. The molecule has 5 atom stereocenters. The molecule has 114 valence electrons. The number of nitrogens with two attached hydrogens (primary N) is 1. The number of ether oxygens (including phenoxy) is 1. The molecule has 0 radical (unpaired) electrons. The van der Waals surface area contributed by atoms with Crippen LogP contribution in [0.25, 0.3) is 0 Å². The van der Waals surface area contributed by atoms with Gasteiger partial charge in [-0.3, -0.25) is 9.78 Å². The topological polar surface area (TPSA) is 143 Å². The Morgan fingerprint density at radius 2 is 2.29 bits per heavy atom. The van der Waals surface area contributed by atoms with E-state index in [1.54, 1.807) is 0 Å². The van der Waals surface area contributed by atoms with Gasteiger partial charge in [0.1, 0.15) is 18.4 Å². The van der Waals surface area contributed by atoms with Gasteiger partial charge in [-0.05, 0) is 13.8 Å². The second-order valence-corrected chi connectivity index (χ2v) is 4.83. The maximum Gasteiger partial charge on any atom is 0.347 e. The van der Waals surface area contributed by atoms with Gasteiger partial charge in [0.15, 0.2) is 11.8 Å². The van der Waals surface area contributed by atoms with E-state index in [0.29, 0.717) is 0 Å². The number of aromatic amines is 1. The molecule has 0 saturated carbocycles. The number of aliphatic hydroxyl groups excluding tert-OH is 2. The highest BCUT2D eigenvalue weighted by Gasteiger charge is 2.56. The van der Waals surface area contributed by atoms with Crippen LogP contribution in [0, 0.1) is 11.8 Å². The smallest absolute Gasteiger partial charge is 0.347 e. The summed E-state index contributed by atoms with van der Waals surface area (Å²) in [5.41, 5.74) is 2.90. The minimum absolute atomic E-state index is 0.675. The van der Waals surface area contributed by atoms with Crippen LogP contribution >= 0.6 is 0 Å². The van der Waals surface area contributed by atoms with Gasteiger partial charge in [0.2, 0.25) is 0 Å². The summed E-state index contributed by atoms with van der Waals surface area (Å²) >= 11 is 0. The highest BCUT2D eigenvalue weighted by atomic mass is 16.6. The Hall–Kier alpha value is -1.99. The Bertz CT molecular complexity index is 700. The lowest BCUT2D eigenvalue weighted by molar-refractivity contribution is -0.0817. The minimum atomic E-state index is -1.65. The molecule has 1 unspecified atom stereocenters. The zero-order valence-corrected chi connectivity index (χ0v) is 11.5. The van der Waals surface area contributed by atoms with Gasteiger partial charge in [0.25, 0.3) is 5.56 Å². The van der Waals surface area contributed by atoms with Gasteiger partial charge in [-0.2, -0.15) is 9.78 Å². The first kappa shape index (κ1) is 15.4. The van der Waals surface area contributed by atoms with Gasteiger partial charge in [-0.1, -0.05) is 5.92 Å². The summed E-state index contributed by atoms with van der Waals surface area (Å²) in [6.07, 6.45) is -3.78. The second-order valence-electron chi connectivity index (χ2n) is 4.83. The van der Waals surface area contributed by atoms with Crippen molar-refractivity contribution in [2.75, 3.05) is 0 Å². The first-order chi connectivity index (χ1) is 9.81. The minimum Gasteiger partial charge on any atom is -0.391 e. The molecule has 9 nitrogen and oxygen atoms in total. The number of hydrogen-bond acceptors (Lipinski definition) is 7. The van der Waals surface area contributed by atoms with Crippen LogP contribution in [0.4, 0.5) is 0 Å². The van der Waals surface area contributed by atoms with E-state index < -0.39 is 41.3 Å².